The molecule has 1 aliphatic heterocycles. The van der Waals surface area contributed by atoms with Crippen LogP contribution < -0.4 is 4.90 Å². The van der Waals surface area contributed by atoms with Gasteiger partial charge >= 0.3 is 0 Å². The van der Waals surface area contributed by atoms with Gasteiger partial charge in [-0.25, -0.2) is 9.97 Å². The Balaban J connectivity index is 1.60. The van der Waals surface area contributed by atoms with Crippen molar-refractivity contribution in [1.29, 1.82) is 0 Å². The fourth-order valence-electron chi connectivity index (χ4n) is 4.21. The second-order valence-electron chi connectivity index (χ2n) is 8.08. The number of carbonyl (C=O) groups is 1. The van der Waals surface area contributed by atoms with Crippen molar-refractivity contribution in [2.24, 2.45) is 0 Å². The molecule has 0 unspecified atom stereocenters. The third kappa shape index (κ3) is 3.48. The Morgan fingerprint density at radius 2 is 1.77 bits per heavy atom. The normalized spacial score (nSPS) is 15.0. The van der Waals surface area contributed by atoms with E-state index in [0.717, 1.165) is 54.2 Å². The second kappa shape index (κ2) is 7.63. The summed E-state index contributed by atoms with van der Waals surface area (Å²) in [5.74, 6) is 1.37. The first-order valence-corrected chi connectivity index (χ1v) is 10.5. The number of anilines is 1. The number of imidazole rings is 1. The molecule has 8 nitrogen and oxygen atoms in total. The summed E-state index contributed by atoms with van der Waals surface area (Å²) in [5, 5.41) is 0. The number of likely N-dealkylation sites (N-methyl/N-ethyl adjacent to an activating group) is 1. The average molecular weight is 416 g/mol. The zero-order valence-electron chi connectivity index (χ0n) is 17.9. The van der Waals surface area contributed by atoms with Crippen molar-refractivity contribution in [3.8, 4) is 22.6 Å². The molecule has 1 fully saturated rings. The number of Topliss-reactive ketones (excluding diaryl/α,β-unsaturated/α-hetero) is 1. The lowest BCUT2D eigenvalue weighted by atomic mass is 9.98. The van der Waals surface area contributed by atoms with E-state index in [9.17, 15) is 4.79 Å². The van der Waals surface area contributed by atoms with Crippen LogP contribution >= 0.6 is 0 Å². The van der Waals surface area contributed by atoms with Gasteiger partial charge in [-0.05, 0) is 26.5 Å². The Kier molecular flexibility index (Phi) is 4.78. The molecule has 0 spiro atoms. The molecule has 4 heterocycles. The number of H-pyrrole nitrogens is 2. The van der Waals surface area contributed by atoms with Crippen LogP contribution in [0.3, 0.4) is 0 Å². The van der Waals surface area contributed by atoms with Crippen LogP contribution in [0.15, 0.2) is 36.5 Å². The van der Waals surface area contributed by atoms with Crippen molar-refractivity contribution in [3.05, 3.63) is 47.8 Å². The number of aryl methyl sites for hydroxylation is 1. The summed E-state index contributed by atoms with van der Waals surface area (Å²) in [5.41, 5.74) is 5.51. The molecule has 8 heteroatoms. The minimum atomic E-state index is 0.0205. The van der Waals surface area contributed by atoms with E-state index in [2.05, 4.69) is 31.8 Å². The number of hydrogen-bond acceptors (Lipinski definition) is 6. The number of hydrogen-bond donors (Lipinski definition) is 2. The predicted molar refractivity (Wildman–Crippen MR) is 121 cm³/mol. The largest absolute Gasteiger partial charge is 0.355 e. The van der Waals surface area contributed by atoms with Gasteiger partial charge in [0.25, 0.3) is 0 Å². The number of aromatic amines is 2. The van der Waals surface area contributed by atoms with Crippen LogP contribution in [0.2, 0.25) is 0 Å². The summed E-state index contributed by atoms with van der Waals surface area (Å²) in [7, 11) is 2.12. The monoisotopic (exact) mass is 415 g/mol. The number of nitrogens with one attached hydrogen (secondary N) is 2. The summed E-state index contributed by atoms with van der Waals surface area (Å²) < 4.78 is 0. The molecule has 1 aromatic carbocycles. The molecule has 31 heavy (non-hydrogen) atoms. The SMILES string of the molecule is CC(=O)c1c(C)[nH]c(-c2nc3nc(N4CCN(C)CC4)ncc3[nH]2)c1-c1ccccc1. The van der Waals surface area contributed by atoms with Crippen LogP contribution in [0.5, 0.6) is 0 Å². The lowest BCUT2D eigenvalue weighted by Crippen LogP contribution is -2.45. The van der Waals surface area contributed by atoms with E-state index in [1.165, 1.54) is 0 Å². The highest BCUT2D eigenvalue weighted by molar-refractivity contribution is 6.05. The number of carbonyl (C=O) groups excluding carboxylic acids is 1. The Hall–Kier alpha value is -3.52. The van der Waals surface area contributed by atoms with Gasteiger partial charge in [-0.2, -0.15) is 4.98 Å². The van der Waals surface area contributed by atoms with E-state index >= 15 is 0 Å². The molecular formula is C23H25N7O. The topological polar surface area (TPSA) is 93.8 Å². The van der Waals surface area contributed by atoms with Gasteiger partial charge in [-0.15, -0.1) is 0 Å². The lowest BCUT2D eigenvalue weighted by molar-refractivity contribution is 0.101. The number of benzene rings is 1. The molecule has 4 aromatic rings. The number of nitrogens with zero attached hydrogens (tertiary/aromatic N) is 5. The smallest absolute Gasteiger partial charge is 0.227 e. The number of ketones is 1. The molecule has 1 saturated heterocycles. The van der Waals surface area contributed by atoms with Gasteiger partial charge in [-0.1, -0.05) is 30.3 Å². The van der Waals surface area contributed by atoms with Crippen molar-refractivity contribution >= 4 is 22.9 Å². The Morgan fingerprint density at radius 3 is 2.48 bits per heavy atom. The maximum Gasteiger partial charge on any atom is 0.227 e. The average Bonchev–Trinajstić information content (AvgIpc) is 3.35. The van der Waals surface area contributed by atoms with Gasteiger partial charge in [0.2, 0.25) is 5.95 Å². The minimum absolute atomic E-state index is 0.0205. The van der Waals surface area contributed by atoms with Gasteiger partial charge in [0.05, 0.1) is 11.9 Å². The minimum Gasteiger partial charge on any atom is -0.355 e. The van der Waals surface area contributed by atoms with Crippen LogP contribution in [-0.4, -0.2) is 68.8 Å². The zero-order chi connectivity index (χ0) is 21.5. The van der Waals surface area contributed by atoms with Crippen LogP contribution in [0.1, 0.15) is 23.0 Å². The molecule has 3 aromatic heterocycles. The molecule has 0 atom stereocenters. The Morgan fingerprint density at radius 1 is 1.03 bits per heavy atom. The molecule has 5 rings (SSSR count). The van der Waals surface area contributed by atoms with E-state index in [1.807, 2.05) is 37.3 Å². The predicted octanol–water partition coefficient (Wildman–Crippen LogP) is 3.28. The maximum absolute atomic E-state index is 12.4. The molecule has 0 radical (unpaired) electrons. The van der Waals surface area contributed by atoms with Crippen LogP contribution in [0, 0.1) is 6.92 Å². The lowest BCUT2D eigenvalue weighted by Gasteiger charge is -2.32. The fraction of sp³-hybridized carbons (Fsp3) is 0.304. The van der Waals surface area contributed by atoms with Crippen LogP contribution in [-0.2, 0) is 0 Å². The van der Waals surface area contributed by atoms with Crippen LogP contribution in [0.25, 0.3) is 33.8 Å². The van der Waals surface area contributed by atoms with Gasteiger partial charge in [0, 0.05) is 43.0 Å². The Bertz CT molecular complexity index is 1250. The van der Waals surface area contributed by atoms with Crippen molar-refractivity contribution in [2.75, 3.05) is 38.1 Å². The maximum atomic E-state index is 12.4. The molecular weight excluding hydrogens is 390 g/mol. The zero-order valence-corrected chi connectivity index (χ0v) is 17.9. The van der Waals surface area contributed by atoms with Gasteiger partial charge in [0.15, 0.2) is 17.3 Å². The third-order valence-corrected chi connectivity index (χ3v) is 5.85. The number of rotatable bonds is 4. The standard InChI is InChI=1S/C23H25N7O/c1-14-18(15(2)31)19(16-7-5-4-6-8-16)20(25-14)22-26-17-13-24-23(28-21(17)27-22)30-11-9-29(3)10-12-30/h4-8,13,25H,9-12H2,1-3H3,(H,24,26,27,28). The summed E-state index contributed by atoms with van der Waals surface area (Å²) in [6.07, 6.45) is 1.79. The fourth-order valence-corrected chi connectivity index (χ4v) is 4.21. The van der Waals surface area contributed by atoms with E-state index in [1.54, 1.807) is 13.1 Å². The Labute approximate surface area is 180 Å². The molecule has 0 saturated carbocycles. The molecule has 158 valence electrons. The molecule has 2 N–H and O–H groups in total. The van der Waals surface area contributed by atoms with Crippen molar-refractivity contribution in [2.45, 2.75) is 13.8 Å². The van der Waals surface area contributed by atoms with Gasteiger partial charge in [-0.3, -0.25) is 4.79 Å². The van der Waals surface area contributed by atoms with Crippen LogP contribution in [0.4, 0.5) is 5.95 Å². The first-order valence-electron chi connectivity index (χ1n) is 10.5. The van der Waals surface area contributed by atoms with E-state index in [4.69, 9.17) is 9.97 Å². The van der Waals surface area contributed by atoms with E-state index in [0.29, 0.717) is 23.0 Å². The van der Waals surface area contributed by atoms with Crippen molar-refractivity contribution in [1.82, 2.24) is 29.8 Å². The number of aromatic nitrogens is 5. The molecule has 1 aliphatic rings. The molecule has 0 aliphatic carbocycles. The van der Waals surface area contributed by atoms with Gasteiger partial charge in [0.1, 0.15) is 5.52 Å². The first kappa shape index (κ1) is 19.4. The third-order valence-electron chi connectivity index (χ3n) is 5.85. The summed E-state index contributed by atoms with van der Waals surface area (Å²) in [6.45, 7) is 7.29. The van der Waals surface area contributed by atoms with E-state index < -0.39 is 0 Å². The van der Waals surface area contributed by atoms with Crippen molar-refractivity contribution < 1.29 is 4.79 Å². The quantitative estimate of drug-likeness (QED) is 0.497. The molecule has 0 amide bonds. The highest BCUT2D eigenvalue weighted by Crippen LogP contribution is 2.36. The summed E-state index contributed by atoms with van der Waals surface area (Å²) >= 11 is 0. The first-order chi connectivity index (χ1) is 15.0. The summed E-state index contributed by atoms with van der Waals surface area (Å²) in [6, 6.07) is 9.92. The highest BCUT2D eigenvalue weighted by atomic mass is 16.1. The van der Waals surface area contributed by atoms with Gasteiger partial charge < -0.3 is 19.8 Å². The summed E-state index contributed by atoms with van der Waals surface area (Å²) in [4.78, 5) is 37.7. The molecule has 0 bridgehead atoms. The van der Waals surface area contributed by atoms with E-state index in [-0.39, 0.29) is 5.78 Å². The second-order valence-corrected chi connectivity index (χ2v) is 8.08. The number of piperazine rings is 1. The number of fused-ring (bicyclic) bond motifs is 1. The highest BCUT2D eigenvalue weighted by Gasteiger charge is 2.23. The van der Waals surface area contributed by atoms with Crippen molar-refractivity contribution in [3.63, 3.8) is 0 Å².